The molecule has 0 aliphatic carbocycles. The molecule has 1 aliphatic rings. The fourth-order valence-electron chi connectivity index (χ4n) is 1.66. The zero-order valence-corrected chi connectivity index (χ0v) is 8.44. The molecule has 1 aliphatic heterocycles. The van der Waals surface area contributed by atoms with Crippen LogP contribution in [-0.4, -0.2) is 19.6 Å². The van der Waals surface area contributed by atoms with Crippen LogP contribution in [0.25, 0.3) is 0 Å². The number of piperazine rings is 1. The molecular weight excluding hydrogens is 203 g/mol. The van der Waals surface area contributed by atoms with Crippen molar-refractivity contribution in [1.82, 2.24) is 10.6 Å². The second kappa shape index (κ2) is 4.26. The molecule has 0 aromatic heterocycles. The van der Waals surface area contributed by atoms with Gasteiger partial charge in [-0.05, 0) is 6.07 Å². The van der Waals surface area contributed by atoms with Crippen LogP contribution >= 0.6 is 11.6 Å². The van der Waals surface area contributed by atoms with E-state index in [9.17, 15) is 4.39 Å². The number of hydrogen-bond donors (Lipinski definition) is 2. The van der Waals surface area contributed by atoms with E-state index in [1.807, 2.05) is 0 Å². The quantitative estimate of drug-likeness (QED) is 0.744. The van der Waals surface area contributed by atoms with Crippen molar-refractivity contribution in [3.05, 3.63) is 34.6 Å². The summed E-state index contributed by atoms with van der Waals surface area (Å²) >= 11 is 5.71. The van der Waals surface area contributed by atoms with Gasteiger partial charge in [0.1, 0.15) is 5.82 Å². The van der Waals surface area contributed by atoms with Gasteiger partial charge in [0.2, 0.25) is 0 Å². The molecule has 76 valence electrons. The molecule has 0 amide bonds. The van der Waals surface area contributed by atoms with Crippen LogP contribution in [0.1, 0.15) is 11.6 Å². The molecule has 2 rings (SSSR count). The molecule has 0 saturated carbocycles. The highest BCUT2D eigenvalue weighted by Gasteiger charge is 2.18. The average Bonchev–Trinajstić information content (AvgIpc) is 2.23. The van der Waals surface area contributed by atoms with E-state index in [4.69, 9.17) is 11.6 Å². The van der Waals surface area contributed by atoms with Crippen molar-refractivity contribution in [2.75, 3.05) is 19.6 Å². The van der Waals surface area contributed by atoms with Gasteiger partial charge in [-0.3, -0.25) is 0 Å². The molecule has 1 fully saturated rings. The molecule has 1 aromatic carbocycles. The van der Waals surface area contributed by atoms with Crippen LogP contribution in [0.15, 0.2) is 18.2 Å². The highest BCUT2D eigenvalue weighted by Crippen LogP contribution is 2.23. The lowest BCUT2D eigenvalue weighted by atomic mass is 10.1. The van der Waals surface area contributed by atoms with Gasteiger partial charge < -0.3 is 10.6 Å². The molecule has 4 heteroatoms. The van der Waals surface area contributed by atoms with Gasteiger partial charge in [0.15, 0.2) is 0 Å². The van der Waals surface area contributed by atoms with E-state index in [1.54, 1.807) is 18.2 Å². The molecule has 0 spiro atoms. The van der Waals surface area contributed by atoms with E-state index < -0.39 is 0 Å². The van der Waals surface area contributed by atoms with E-state index in [0.29, 0.717) is 5.56 Å². The third-order valence-electron chi connectivity index (χ3n) is 2.40. The van der Waals surface area contributed by atoms with Crippen LogP contribution in [0, 0.1) is 5.82 Å². The molecular formula is C10H12ClFN2. The van der Waals surface area contributed by atoms with E-state index >= 15 is 0 Å². The molecule has 1 heterocycles. The van der Waals surface area contributed by atoms with Gasteiger partial charge in [-0.1, -0.05) is 23.7 Å². The molecule has 0 bridgehead atoms. The van der Waals surface area contributed by atoms with Crippen LogP contribution in [-0.2, 0) is 0 Å². The van der Waals surface area contributed by atoms with Crippen LogP contribution in [0.3, 0.4) is 0 Å². The Bertz CT molecular complexity index is 324. The van der Waals surface area contributed by atoms with Gasteiger partial charge >= 0.3 is 0 Å². The zero-order chi connectivity index (χ0) is 9.97. The lowest BCUT2D eigenvalue weighted by Gasteiger charge is -2.25. The molecule has 2 N–H and O–H groups in total. The van der Waals surface area contributed by atoms with E-state index in [-0.39, 0.29) is 16.9 Å². The Morgan fingerprint density at radius 1 is 1.36 bits per heavy atom. The summed E-state index contributed by atoms with van der Waals surface area (Å²) < 4.78 is 13.6. The summed E-state index contributed by atoms with van der Waals surface area (Å²) in [4.78, 5) is 0. The predicted molar refractivity (Wildman–Crippen MR) is 55.0 cm³/mol. The van der Waals surface area contributed by atoms with E-state index in [1.165, 1.54) is 0 Å². The average molecular weight is 215 g/mol. The number of nitrogens with one attached hydrogen (secondary N) is 2. The maximum Gasteiger partial charge on any atom is 0.146 e. The minimum atomic E-state index is -0.310. The van der Waals surface area contributed by atoms with Gasteiger partial charge in [0, 0.05) is 31.2 Å². The Balaban J connectivity index is 2.26. The Morgan fingerprint density at radius 2 is 2.21 bits per heavy atom. The first-order chi connectivity index (χ1) is 6.79. The minimum absolute atomic E-state index is 0.0300. The normalized spacial score (nSPS) is 22.3. The predicted octanol–water partition coefficient (Wildman–Crippen LogP) is 1.71. The lowest BCUT2D eigenvalue weighted by Crippen LogP contribution is -2.42. The highest BCUT2D eigenvalue weighted by molar-refractivity contribution is 6.30. The van der Waals surface area contributed by atoms with Crippen LogP contribution in [0.4, 0.5) is 4.39 Å². The van der Waals surface area contributed by atoms with Crippen molar-refractivity contribution in [3.63, 3.8) is 0 Å². The van der Waals surface area contributed by atoms with Crippen molar-refractivity contribution in [2.24, 2.45) is 0 Å². The van der Waals surface area contributed by atoms with E-state index in [2.05, 4.69) is 10.6 Å². The van der Waals surface area contributed by atoms with Crippen molar-refractivity contribution in [2.45, 2.75) is 6.04 Å². The summed E-state index contributed by atoms with van der Waals surface area (Å²) in [7, 11) is 0. The van der Waals surface area contributed by atoms with Crippen molar-refractivity contribution in [1.29, 1.82) is 0 Å². The third-order valence-corrected chi connectivity index (χ3v) is 2.69. The maximum absolute atomic E-state index is 13.6. The Kier molecular flexibility index (Phi) is 3.01. The number of benzene rings is 1. The summed E-state index contributed by atoms with van der Waals surface area (Å²) in [5.41, 5.74) is 0.643. The van der Waals surface area contributed by atoms with Gasteiger partial charge in [0.25, 0.3) is 0 Å². The SMILES string of the molecule is Fc1c(Cl)cccc1[C@H]1CNCCN1. The summed E-state index contributed by atoms with van der Waals surface area (Å²) in [5.74, 6) is -0.310. The minimum Gasteiger partial charge on any atom is -0.314 e. The number of rotatable bonds is 1. The summed E-state index contributed by atoms with van der Waals surface area (Å²) in [6.07, 6.45) is 0. The summed E-state index contributed by atoms with van der Waals surface area (Å²) in [6.45, 7) is 2.53. The monoisotopic (exact) mass is 214 g/mol. The van der Waals surface area contributed by atoms with Gasteiger partial charge in [-0.25, -0.2) is 4.39 Å². The first-order valence-corrected chi connectivity index (χ1v) is 5.05. The fourth-order valence-corrected chi connectivity index (χ4v) is 1.84. The highest BCUT2D eigenvalue weighted by atomic mass is 35.5. The topological polar surface area (TPSA) is 24.1 Å². The van der Waals surface area contributed by atoms with Crippen LogP contribution in [0.2, 0.25) is 5.02 Å². The summed E-state index contributed by atoms with van der Waals surface area (Å²) in [6, 6.07) is 5.14. The third kappa shape index (κ3) is 1.90. The standard InChI is InChI=1S/C10H12ClFN2/c11-8-3-1-2-7(10(8)12)9-6-13-4-5-14-9/h1-3,9,13-14H,4-6H2/t9-/m1/s1. The van der Waals surface area contributed by atoms with Crippen molar-refractivity contribution in [3.8, 4) is 0 Å². The molecule has 1 atom stereocenters. The molecule has 2 nitrogen and oxygen atoms in total. The second-order valence-corrected chi connectivity index (χ2v) is 3.76. The van der Waals surface area contributed by atoms with Crippen molar-refractivity contribution < 1.29 is 4.39 Å². The Labute approximate surface area is 87.5 Å². The van der Waals surface area contributed by atoms with E-state index in [0.717, 1.165) is 19.6 Å². The summed E-state index contributed by atoms with van der Waals surface area (Å²) in [5, 5.41) is 6.64. The maximum atomic E-state index is 13.6. The molecule has 0 unspecified atom stereocenters. The van der Waals surface area contributed by atoms with Gasteiger partial charge in [0.05, 0.1) is 5.02 Å². The molecule has 0 radical (unpaired) electrons. The fraction of sp³-hybridized carbons (Fsp3) is 0.400. The zero-order valence-electron chi connectivity index (χ0n) is 7.69. The largest absolute Gasteiger partial charge is 0.314 e. The number of hydrogen-bond acceptors (Lipinski definition) is 2. The molecule has 1 saturated heterocycles. The Hall–Kier alpha value is -0.640. The van der Waals surface area contributed by atoms with Gasteiger partial charge in [-0.15, -0.1) is 0 Å². The molecule has 1 aromatic rings. The Morgan fingerprint density at radius 3 is 2.93 bits per heavy atom. The molecule has 14 heavy (non-hydrogen) atoms. The first kappa shape index (κ1) is 9.90. The van der Waals surface area contributed by atoms with Crippen LogP contribution in [0.5, 0.6) is 0 Å². The first-order valence-electron chi connectivity index (χ1n) is 4.67. The van der Waals surface area contributed by atoms with Crippen molar-refractivity contribution >= 4 is 11.6 Å². The lowest BCUT2D eigenvalue weighted by molar-refractivity contribution is 0.417. The second-order valence-electron chi connectivity index (χ2n) is 3.35. The van der Waals surface area contributed by atoms with Gasteiger partial charge in [-0.2, -0.15) is 0 Å². The smallest absolute Gasteiger partial charge is 0.146 e. The van der Waals surface area contributed by atoms with Crippen LogP contribution < -0.4 is 10.6 Å². The number of halogens is 2.